The predicted molar refractivity (Wildman–Crippen MR) is 49.1 cm³/mol. The van der Waals surface area contributed by atoms with E-state index in [1.807, 2.05) is 0 Å². The maximum Gasteiger partial charge on any atom is 0.319 e. The van der Waals surface area contributed by atoms with Crippen LogP contribution < -0.4 is 5.32 Å². The van der Waals surface area contributed by atoms with Crippen molar-refractivity contribution < 1.29 is 17.6 Å². The summed E-state index contributed by atoms with van der Waals surface area (Å²) in [6.45, 7) is -0.858. The zero-order valence-electron chi connectivity index (χ0n) is 7.89. The Morgan fingerprint density at radius 1 is 1.13 bits per heavy atom. The second kappa shape index (κ2) is 5.11. The second-order valence-corrected chi connectivity index (χ2v) is 3.15. The predicted octanol–water partition coefficient (Wildman–Crippen LogP) is 2.68. The van der Waals surface area contributed by atoms with Crippen LogP contribution in [0.5, 0.6) is 0 Å². The Morgan fingerprint density at radius 2 is 1.73 bits per heavy atom. The lowest BCUT2D eigenvalue weighted by Crippen LogP contribution is -2.38. The Balaban J connectivity index is 2.34. The first-order valence-electron chi connectivity index (χ1n) is 4.43. The van der Waals surface area contributed by atoms with E-state index in [0.717, 1.165) is 5.56 Å². The van der Waals surface area contributed by atoms with Gasteiger partial charge in [-0.25, -0.2) is 8.78 Å². The molecule has 0 atom stereocenters. The lowest BCUT2D eigenvalue weighted by molar-refractivity contribution is -0.125. The van der Waals surface area contributed by atoms with Gasteiger partial charge in [-0.05, 0) is 5.56 Å². The van der Waals surface area contributed by atoms with Crippen LogP contribution in [0.4, 0.5) is 17.6 Å². The van der Waals surface area contributed by atoms with Gasteiger partial charge in [0, 0.05) is 6.54 Å². The fraction of sp³-hybridized carbons (Fsp3) is 0.400. The molecule has 0 aliphatic carbocycles. The highest BCUT2D eigenvalue weighted by Gasteiger charge is 2.39. The smallest absolute Gasteiger partial charge is 0.307 e. The highest BCUT2D eigenvalue weighted by molar-refractivity contribution is 5.14. The first-order chi connectivity index (χ1) is 7.02. The van der Waals surface area contributed by atoms with E-state index in [9.17, 15) is 17.6 Å². The van der Waals surface area contributed by atoms with Gasteiger partial charge in [0.15, 0.2) is 0 Å². The summed E-state index contributed by atoms with van der Waals surface area (Å²) in [7, 11) is 0. The Kier molecular flexibility index (Phi) is 4.08. The van der Waals surface area contributed by atoms with E-state index in [4.69, 9.17) is 0 Å². The molecule has 84 valence electrons. The van der Waals surface area contributed by atoms with E-state index in [2.05, 4.69) is 5.32 Å². The third-order valence-electron chi connectivity index (χ3n) is 1.85. The zero-order valence-corrected chi connectivity index (χ0v) is 7.89. The normalized spacial score (nSPS) is 12.1. The topological polar surface area (TPSA) is 12.0 Å². The molecule has 0 heterocycles. The van der Waals surface area contributed by atoms with Crippen LogP contribution in [-0.4, -0.2) is 18.9 Å². The SMILES string of the molecule is FC(F)C(F)(F)CNCc1ccccc1. The zero-order chi connectivity index (χ0) is 11.3. The van der Waals surface area contributed by atoms with E-state index >= 15 is 0 Å². The quantitative estimate of drug-likeness (QED) is 0.754. The first kappa shape index (κ1) is 12.0. The van der Waals surface area contributed by atoms with Crippen molar-refractivity contribution in [3.8, 4) is 0 Å². The molecule has 5 heteroatoms. The standard InChI is InChI=1S/C10H11F4N/c11-9(12)10(13,14)7-15-6-8-4-2-1-3-5-8/h1-5,9,15H,6-7H2. The maximum atomic E-state index is 12.4. The molecule has 1 rings (SSSR count). The fourth-order valence-corrected chi connectivity index (χ4v) is 1.05. The summed E-state index contributed by atoms with van der Waals surface area (Å²) < 4.78 is 48.4. The number of rotatable bonds is 5. The van der Waals surface area contributed by atoms with Crippen LogP contribution in [0.25, 0.3) is 0 Å². The van der Waals surface area contributed by atoms with Crippen LogP contribution in [0.1, 0.15) is 5.56 Å². The summed E-state index contributed by atoms with van der Waals surface area (Å²) in [4.78, 5) is 0. The molecule has 1 aromatic rings. The molecule has 0 spiro atoms. The summed E-state index contributed by atoms with van der Waals surface area (Å²) in [6.07, 6.45) is -3.62. The molecule has 1 nitrogen and oxygen atoms in total. The van der Waals surface area contributed by atoms with Gasteiger partial charge in [0.05, 0.1) is 6.54 Å². The minimum absolute atomic E-state index is 0.156. The van der Waals surface area contributed by atoms with Crippen LogP contribution in [0, 0.1) is 0 Å². The van der Waals surface area contributed by atoms with Gasteiger partial charge in [-0.2, -0.15) is 8.78 Å². The third-order valence-corrected chi connectivity index (χ3v) is 1.85. The number of hydrogen-bond donors (Lipinski definition) is 1. The van der Waals surface area contributed by atoms with Gasteiger partial charge in [-0.15, -0.1) is 0 Å². The Hall–Kier alpha value is -1.10. The van der Waals surface area contributed by atoms with Crippen LogP contribution in [-0.2, 0) is 6.54 Å². The van der Waals surface area contributed by atoms with Crippen molar-refractivity contribution in [2.24, 2.45) is 0 Å². The number of alkyl halides is 4. The molecule has 0 aliphatic rings. The summed E-state index contributed by atoms with van der Waals surface area (Å²) in [5.74, 6) is -3.96. The highest BCUT2D eigenvalue weighted by atomic mass is 19.3. The van der Waals surface area contributed by atoms with E-state index < -0.39 is 18.9 Å². The van der Waals surface area contributed by atoms with Crippen LogP contribution in [0.2, 0.25) is 0 Å². The number of hydrogen-bond acceptors (Lipinski definition) is 1. The largest absolute Gasteiger partial charge is 0.319 e. The molecular weight excluding hydrogens is 210 g/mol. The average Bonchev–Trinajstić information content (AvgIpc) is 2.19. The summed E-state index contributed by atoms with van der Waals surface area (Å²) in [5, 5.41) is 2.29. The van der Waals surface area contributed by atoms with Crippen molar-refractivity contribution in [3.63, 3.8) is 0 Å². The van der Waals surface area contributed by atoms with Crippen molar-refractivity contribution in [1.82, 2.24) is 5.32 Å². The van der Waals surface area contributed by atoms with E-state index in [1.165, 1.54) is 0 Å². The lowest BCUT2D eigenvalue weighted by atomic mass is 10.2. The van der Waals surface area contributed by atoms with Crippen molar-refractivity contribution in [2.75, 3.05) is 6.54 Å². The Morgan fingerprint density at radius 3 is 2.27 bits per heavy atom. The molecule has 1 N–H and O–H groups in total. The molecular formula is C10H11F4N. The van der Waals surface area contributed by atoms with Gasteiger partial charge in [-0.3, -0.25) is 0 Å². The maximum absolute atomic E-state index is 12.4. The summed E-state index contributed by atoms with van der Waals surface area (Å²) in [5.41, 5.74) is 0.780. The average molecular weight is 221 g/mol. The molecule has 0 saturated carbocycles. The second-order valence-electron chi connectivity index (χ2n) is 3.15. The van der Waals surface area contributed by atoms with Gasteiger partial charge in [0.1, 0.15) is 0 Å². The summed E-state index contributed by atoms with van der Waals surface area (Å²) >= 11 is 0. The van der Waals surface area contributed by atoms with Gasteiger partial charge in [-0.1, -0.05) is 30.3 Å². The van der Waals surface area contributed by atoms with Gasteiger partial charge in [0.2, 0.25) is 0 Å². The van der Waals surface area contributed by atoms with Crippen molar-refractivity contribution >= 4 is 0 Å². The van der Waals surface area contributed by atoms with Crippen LogP contribution in [0.15, 0.2) is 30.3 Å². The molecule has 0 aliphatic heterocycles. The molecule has 15 heavy (non-hydrogen) atoms. The van der Waals surface area contributed by atoms with Crippen molar-refractivity contribution in [2.45, 2.75) is 18.9 Å². The Labute approximate surface area is 85.1 Å². The third kappa shape index (κ3) is 3.87. The van der Waals surface area contributed by atoms with E-state index in [0.29, 0.717) is 0 Å². The van der Waals surface area contributed by atoms with Crippen LogP contribution in [0.3, 0.4) is 0 Å². The minimum Gasteiger partial charge on any atom is -0.307 e. The monoisotopic (exact) mass is 221 g/mol. The van der Waals surface area contributed by atoms with Gasteiger partial charge in [0.25, 0.3) is 0 Å². The van der Waals surface area contributed by atoms with Crippen LogP contribution >= 0.6 is 0 Å². The molecule has 0 radical (unpaired) electrons. The molecule has 0 fully saturated rings. The summed E-state index contributed by atoms with van der Waals surface area (Å²) in [6, 6.07) is 8.75. The molecule has 0 bridgehead atoms. The molecule has 0 amide bonds. The van der Waals surface area contributed by atoms with Crippen molar-refractivity contribution in [1.29, 1.82) is 0 Å². The number of nitrogens with one attached hydrogen (secondary N) is 1. The lowest BCUT2D eigenvalue weighted by Gasteiger charge is -2.15. The number of halogens is 4. The molecule has 0 unspecified atom stereocenters. The highest BCUT2D eigenvalue weighted by Crippen LogP contribution is 2.21. The first-order valence-corrected chi connectivity index (χ1v) is 4.43. The van der Waals surface area contributed by atoms with E-state index in [1.54, 1.807) is 30.3 Å². The Bertz CT molecular complexity index is 287. The van der Waals surface area contributed by atoms with Crippen molar-refractivity contribution in [3.05, 3.63) is 35.9 Å². The fourth-order valence-electron chi connectivity index (χ4n) is 1.05. The van der Waals surface area contributed by atoms with E-state index in [-0.39, 0.29) is 6.54 Å². The molecule has 1 aromatic carbocycles. The number of benzene rings is 1. The minimum atomic E-state index is -3.96. The van der Waals surface area contributed by atoms with Gasteiger partial charge >= 0.3 is 12.3 Å². The van der Waals surface area contributed by atoms with Gasteiger partial charge < -0.3 is 5.32 Å². The molecule has 0 saturated heterocycles. The molecule has 0 aromatic heterocycles.